The molecule has 1 heterocycles. The molecule has 1 aromatic heterocycles. The Bertz CT molecular complexity index is 569. The molecule has 3 heteroatoms. The molecule has 1 fully saturated rings. The summed E-state index contributed by atoms with van der Waals surface area (Å²) >= 11 is 7.31. The van der Waals surface area contributed by atoms with Crippen molar-refractivity contribution in [1.82, 2.24) is 0 Å². The Morgan fingerprint density at radius 2 is 1.83 bits per heavy atom. The largest absolute Gasteiger partial charge is 0.292 e. The van der Waals surface area contributed by atoms with Gasteiger partial charge in [-0.3, -0.25) is 4.79 Å². The van der Waals surface area contributed by atoms with Crippen LogP contribution in [-0.2, 0) is 5.41 Å². The fourth-order valence-electron chi connectivity index (χ4n) is 2.61. The van der Waals surface area contributed by atoms with Gasteiger partial charge < -0.3 is 0 Å². The van der Waals surface area contributed by atoms with E-state index in [1.54, 1.807) is 6.07 Å². The second-order valence-corrected chi connectivity index (χ2v) is 6.45. The molecule has 0 saturated heterocycles. The van der Waals surface area contributed by atoms with Crippen LogP contribution in [0.4, 0.5) is 0 Å². The summed E-state index contributed by atoms with van der Waals surface area (Å²) < 4.78 is 0.681. The summed E-state index contributed by atoms with van der Waals surface area (Å²) in [7, 11) is 0. The molecule has 0 radical (unpaired) electrons. The minimum atomic E-state index is -0.296. The van der Waals surface area contributed by atoms with Crippen LogP contribution in [0.25, 0.3) is 0 Å². The van der Waals surface area contributed by atoms with Crippen molar-refractivity contribution < 1.29 is 4.79 Å². The van der Waals surface area contributed by atoms with E-state index in [0.29, 0.717) is 4.34 Å². The van der Waals surface area contributed by atoms with Crippen molar-refractivity contribution in [2.75, 3.05) is 0 Å². The normalized spacial score (nSPS) is 17.2. The SMILES string of the molecule is O=C(c1ccc(Cl)s1)C1(c2ccccc2)CCC1. The van der Waals surface area contributed by atoms with Gasteiger partial charge in [0.05, 0.1) is 14.6 Å². The molecule has 18 heavy (non-hydrogen) atoms. The predicted octanol–water partition coefficient (Wildman–Crippen LogP) is 4.71. The van der Waals surface area contributed by atoms with Crippen LogP contribution in [0.15, 0.2) is 42.5 Å². The van der Waals surface area contributed by atoms with Crippen molar-refractivity contribution in [1.29, 1.82) is 0 Å². The van der Waals surface area contributed by atoms with Gasteiger partial charge in [0.15, 0.2) is 5.78 Å². The zero-order valence-corrected chi connectivity index (χ0v) is 11.4. The van der Waals surface area contributed by atoms with E-state index in [0.717, 1.165) is 29.7 Å². The highest BCUT2D eigenvalue weighted by atomic mass is 35.5. The number of carbonyl (C=O) groups is 1. The maximum absolute atomic E-state index is 12.7. The van der Waals surface area contributed by atoms with Gasteiger partial charge in [-0.15, -0.1) is 11.3 Å². The van der Waals surface area contributed by atoms with E-state index in [1.807, 2.05) is 24.3 Å². The Kier molecular flexibility index (Phi) is 3.00. The van der Waals surface area contributed by atoms with Crippen LogP contribution in [0.5, 0.6) is 0 Å². The van der Waals surface area contributed by atoms with Crippen molar-refractivity contribution in [2.24, 2.45) is 0 Å². The first-order chi connectivity index (χ1) is 8.72. The highest BCUT2D eigenvalue weighted by Crippen LogP contribution is 2.47. The molecule has 0 N–H and O–H groups in total. The Morgan fingerprint density at radius 3 is 2.33 bits per heavy atom. The van der Waals surface area contributed by atoms with Gasteiger partial charge >= 0.3 is 0 Å². The standard InChI is InChI=1S/C15H13ClOS/c16-13-8-7-12(18-13)14(17)15(9-4-10-15)11-5-2-1-3-6-11/h1-3,5-8H,4,9-10H2. The van der Waals surface area contributed by atoms with Crippen LogP contribution < -0.4 is 0 Å². The number of halogens is 1. The Labute approximate surface area is 115 Å². The second-order valence-electron chi connectivity index (χ2n) is 4.73. The van der Waals surface area contributed by atoms with Gasteiger partial charge in [-0.05, 0) is 30.5 Å². The molecule has 0 bridgehead atoms. The summed E-state index contributed by atoms with van der Waals surface area (Å²) in [5.74, 6) is 0.233. The molecular formula is C15H13ClOS. The van der Waals surface area contributed by atoms with Gasteiger partial charge in [-0.25, -0.2) is 0 Å². The molecule has 0 aliphatic heterocycles. The van der Waals surface area contributed by atoms with Crippen molar-refractivity contribution in [2.45, 2.75) is 24.7 Å². The third-order valence-corrected chi connectivity index (χ3v) is 5.00. The van der Waals surface area contributed by atoms with E-state index in [-0.39, 0.29) is 11.2 Å². The van der Waals surface area contributed by atoms with Gasteiger partial charge in [0.25, 0.3) is 0 Å². The van der Waals surface area contributed by atoms with E-state index in [1.165, 1.54) is 11.3 Å². The molecule has 1 aliphatic carbocycles. The molecule has 1 aromatic carbocycles. The van der Waals surface area contributed by atoms with Gasteiger partial charge in [0, 0.05) is 0 Å². The number of ketones is 1. The summed E-state index contributed by atoms with van der Waals surface area (Å²) in [6, 6.07) is 13.8. The zero-order valence-electron chi connectivity index (χ0n) is 9.86. The summed E-state index contributed by atoms with van der Waals surface area (Å²) in [5, 5.41) is 0. The third-order valence-electron chi connectivity index (χ3n) is 3.77. The number of rotatable bonds is 3. The lowest BCUT2D eigenvalue weighted by molar-refractivity contribution is 0.0793. The Morgan fingerprint density at radius 1 is 1.11 bits per heavy atom. The van der Waals surface area contributed by atoms with E-state index in [2.05, 4.69) is 12.1 Å². The molecule has 0 atom stereocenters. The first kappa shape index (κ1) is 11.9. The number of thiophene rings is 1. The minimum absolute atomic E-state index is 0.233. The maximum Gasteiger partial charge on any atom is 0.183 e. The highest BCUT2D eigenvalue weighted by molar-refractivity contribution is 7.18. The van der Waals surface area contributed by atoms with Gasteiger partial charge in [0.2, 0.25) is 0 Å². The maximum atomic E-state index is 12.7. The Hall–Kier alpha value is -1.12. The van der Waals surface area contributed by atoms with Crippen LogP contribution >= 0.6 is 22.9 Å². The summed E-state index contributed by atoms with van der Waals surface area (Å²) in [5.41, 5.74) is 0.848. The predicted molar refractivity (Wildman–Crippen MR) is 75.6 cm³/mol. The molecule has 92 valence electrons. The first-order valence-electron chi connectivity index (χ1n) is 6.08. The topological polar surface area (TPSA) is 17.1 Å². The lowest BCUT2D eigenvalue weighted by Crippen LogP contribution is -2.42. The summed E-state index contributed by atoms with van der Waals surface area (Å²) in [6.07, 6.45) is 3.02. The fourth-order valence-corrected chi connectivity index (χ4v) is 3.69. The Balaban J connectivity index is 2.00. The first-order valence-corrected chi connectivity index (χ1v) is 7.27. The van der Waals surface area contributed by atoms with Gasteiger partial charge in [-0.1, -0.05) is 48.4 Å². The lowest BCUT2D eigenvalue weighted by Gasteiger charge is -2.40. The molecule has 0 unspecified atom stereocenters. The third kappa shape index (κ3) is 1.80. The monoisotopic (exact) mass is 276 g/mol. The molecule has 1 nitrogen and oxygen atoms in total. The summed E-state index contributed by atoms with van der Waals surface area (Å²) in [6.45, 7) is 0. The zero-order chi connectivity index (χ0) is 12.6. The average molecular weight is 277 g/mol. The molecule has 1 saturated carbocycles. The van der Waals surface area contributed by atoms with Crippen molar-refractivity contribution >= 4 is 28.7 Å². The number of hydrogen-bond donors (Lipinski definition) is 0. The lowest BCUT2D eigenvalue weighted by atomic mass is 9.61. The quantitative estimate of drug-likeness (QED) is 0.742. The van der Waals surface area contributed by atoms with E-state index in [9.17, 15) is 4.79 Å². The molecule has 0 amide bonds. The van der Waals surface area contributed by atoms with Crippen LogP contribution in [0.3, 0.4) is 0 Å². The van der Waals surface area contributed by atoms with Crippen molar-refractivity contribution in [3.8, 4) is 0 Å². The van der Waals surface area contributed by atoms with Crippen molar-refractivity contribution in [3.05, 3.63) is 57.2 Å². The van der Waals surface area contributed by atoms with Crippen LogP contribution in [0, 0.1) is 0 Å². The second kappa shape index (κ2) is 4.52. The molecule has 2 aromatic rings. The highest BCUT2D eigenvalue weighted by Gasteiger charge is 2.46. The molecular weight excluding hydrogens is 264 g/mol. The average Bonchev–Trinajstić information content (AvgIpc) is 2.76. The number of hydrogen-bond acceptors (Lipinski definition) is 2. The molecule has 3 rings (SSSR count). The van der Waals surface area contributed by atoms with Gasteiger partial charge in [-0.2, -0.15) is 0 Å². The summed E-state index contributed by atoms with van der Waals surface area (Å²) in [4.78, 5) is 13.5. The number of Topliss-reactive ketones (excluding diaryl/α,β-unsaturated/α-hetero) is 1. The van der Waals surface area contributed by atoms with Crippen LogP contribution in [-0.4, -0.2) is 5.78 Å². The minimum Gasteiger partial charge on any atom is -0.292 e. The van der Waals surface area contributed by atoms with Gasteiger partial charge in [0.1, 0.15) is 0 Å². The fraction of sp³-hybridized carbons (Fsp3) is 0.267. The van der Waals surface area contributed by atoms with Crippen molar-refractivity contribution in [3.63, 3.8) is 0 Å². The molecule has 1 aliphatic rings. The smallest absolute Gasteiger partial charge is 0.183 e. The van der Waals surface area contributed by atoms with Crippen LogP contribution in [0.2, 0.25) is 4.34 Å². The van der Waals surface area contributed by atoms with Crippen LogP contribution in [0.1, 0.15) is 34.5 Å². The molecule has 0 spiro atoms. The number of carbonyl (C=O) groups excluding carboxylic acids is 1. The van der Waals surface area contributed by atoms with E-state index in [4.69, 9.17) is 11.6 Å². The van der Waals surface area contributed by atoms with E-state index < -0.39 is 0 Å². The number of benzene rings is 1. The van der Waals surface area contributed by atoms with E-state index >= 15 is 0 Å².